The van der Waals surface area contributed by atoms with Crippen LogP contribution < -0.4 is 15.4 Å². The Morgan fingerprint density at radius 1 is 1.32 bits per heavy atom. The molecule has 6 nitrogen and oxygen atoms in total. The van der Waals surface area contributed by atoms with E-state index in [2.05, 4.69) is 15.5 Å². The Hall–Kier alpha value is -1.19. The third-order valence-electron chi connectivity index (χ3n) is 4.21. The van der Waals surface area contributed by atoms with Crippen molar-refractivity contribution in [1.82, 2.24) is 15.5 Å². The predicted octanol–water partition coefficient (Wildman–Crippen LogP) is 2.10. The maximum Gasteiger partial charge on any atom is 0.262 e. The van der Waals surface area contributed by atoms with Gasteiger partial charge in [0.2, 0.25) is 5.91 Å². The summed E-state index contributed by atoms with van der Waals surface area (Å²) in [4.78, 5) is 14.1. The Morgan fingerprint density at radius 2 is 2.04 bits per heavy atom. The third-order valence-corrected chi connectivity index (χ3v) is 4.21. The van der Waals surface area contributed by atoms with E-state index >= 15 is 0 Å². The van der Waals surface area contributed by atoms with E-state index in [1.165, 1.54) is 0 Å². The molecule has 1 aliphatic heterocycles. The summed E-state index contributed by atoms with van der Waals surface area (Å²) in [6.45, 7) is 2.64. The standard InChI is InChI=1S/C18H27F2N3O3.2ClH/c1-23(6-8-25-2)7-9-26-15-5-3-4-14(10-15)12-21-17(24)16-11-18(19,20)13-22-16;;/h3-5,10,16,22H,6-9,11-13H2,1-2H3,(H,21,24);2*1H. The molecule has 1 fully saturated rings. The van der Waals surface area contributed by atoms with E-state index in [-0.39, 0.29) is 31.4 Å². The summed E-state index contributed by atoms with van der Waals surface area (Å²) in [5.41, 5.74) is 0.855. The molecule has 1 aliphatic rings. The topological polar surface area (TPSA) is 62.8 Å². The highest BCUT2D eigenvalue weighted by Gasteiger charge is 2.42. The van der Waals surface area contributed by atoms with E-state index in [1.54, 1.807) is 7.11 Å². The predicted molar refractivity (Wildman–Crippen MR) is 109 cm³/mol. The highest BCUT2D eigenvalue weighted by molar-refractivity contribution is 5.85. The highest BCUT2D eigenvalue weighted by atomic mass is 35.5. The second-order valence-corrected chi connectivity index (χ2v) is 6.50. The summed E-state index contributed by atoms with van der Waals surface area (Å²) in [6, 6.07) is 6.54. The fourth-order valence-corrected chi connectivity index (χ4v) is 2.64. The Labute approximate surface area is 177 Å². The van der Waals surface area contributed by atoms with E-state index in [0.717, 1.165) is 18.7 Å². The number of likely N-dealkylation sites (N-methyl/N-ethyl adjacent to an activating group) is 1. The molecule has 2 rings (SSSR count). The quantitative estimate of drug-likeness (QED) is 0.579. The van der Waals surface area contributed by atoms with Gasteiger partial charge in [0.25, 0.3) is 5.92 Å². The van der Waals surface area contributed by atoms with Gasteiger partial charge in [0.15, 0.2) is 0 Å². The van der Waals surface area contributed by atoms with Crippen LogP contribution in [0, 0.1) is 0 Å². The molecule has 1 unspecified atom stereocenters. The number of amides is 1. The Balaban J connectivity index is 0.00000364. The fourth-order valence-electron chi connectivity index (χ4n) is 2.64. The average Bonchev–Trinajstić information content (AvgIpc) is 2.98. The summed E-state index contributed by atoms with van der Waals surface area (Å²) in [5.74, 6) is -2.51. The van der Waals surface area contributed by atoms with Gasteiger partial charge in [0.05, 0.1) is 19.2 Å². The molecule has 1 heterocycles. The first kappa shape index (κ1) is 26.8. The molecular weight excluding hydrogens is 415 g/mol. The zero-order valence-corrected chi connectivity index (χ0v) is 17.7. The van der Waals surface area contributed by atoms with Crippen LogP contribution in [0.2, 0.25) is 0 Å². The number of benzene rings is 1. The van der Waals surface area contributed by atoms with Crippen molar-refractivity contribution < 1.29 is 23.0 Å². The van der Waals surface area contributed by atoms with E-state index in [4.69, 9.17) is 9.47 Å². The number of methoxy groups -OCH3 is 1. The molecule has 0 aromatic heterocycles. The molecule has 1 amide bonds. The van der Waals surface area contributed by atoms with Crippen molar-refractivity contribution in [2.75, 3.05) is 47.0 Å². The normalized spacial score (nSPS) is 17.5. The minimum atomic E-state index is -2.81. The molecule has 162 valence electrons. The molecule has 1 aromatic carbocycles. The van der Waals surface area contributed by atoms with Crippen molar-refractivity contribution in [3.8, 4) is 5.75 Å². The molecular formula is C18H29Cl2F2N3O3. The molecule has 0 radical (unpaired) electrons. The fraction of sp³-hybridized carbons (Fsp3) is 0.611. The second-order valence-electron chi connectivity index (χ2n) is 6.50. The largest absolute Gasteiger partial charge is 0.492 e. The van der Waals surface area contributed by atoms with Gasteiger partial charge in [-0.3, -0.25) is 10.1 Å². The monoisotopic (exact) mass is 443 g/mol. The number of nitrogens with one attached hydrogen (secondary N) is 2. The molecule has 1 saturated heterocycles. The van der Waals surface area contributed by atoms with Crippen molar-refractivity contribution in [1.29, 1.82) is 0 Å². The molecule has 28 heavy (non-hydrogen) atoms. The SMILES string of the molecule is COCCN(C)CCOc1cccc(CNC(=O)C2CC(F)(F)CN2)c1.Cl.Cl. The molecule has 0 bridgehead atoms. The molecule has 1 aromatic rings. The summed E-state index contributed by atoms with van der Waals surface area (Å²) in [7, 11) is 3.66. The molecule has 0 aliphatic carbocycles. The lowest BCUT2D eigenvalue weighted by molar-refractivity contribution is -0.123. The van der Waals surface area contributed by atoms with Gasteiger partial charge in [-0.2, -0.15) is 0 Å². The number of hydrogen-bond donors (Lipinski definition) is 2. The summed E-state index contributed by atoms with van der Waals surface area (Å²) < 4.78 is 37.0. The smallest absolute Gasteiger partial charge is 0.262 e. The molecule has 10 heteroatoms. The number of rotatable bonds is 10. The first-order valence-electron chi connectivity index (χ1n) is 8.68. The maximum absolute atomic E-state index is 13.1. The van der Waals surface area contributed by atoms with Crippen LogP contribution in [0.1, 0.15) is 12.0 Å². The molecule has 0 saturated carbocycles. The van der Waals surface area contributed by atoms with Gasteiger partial charge in [-0.15, -0.1) is 24.8 Å². The number of carbonyl (C=O) groups excluding carboxylic acids is 1. The van der Waals surface area contributed by atoms with Crippen LogP contribution in [0.4, 0.5) is 8.78 Å². The van der Waals surface area contributed by atoms with Gasteiger partial charge in [0, 0.05) is 33.2 Å². The second kappa shape index (κ2) is 13.1. The number of nitrogens with zero attached hydrogens (tertiary/aromatic N) is 1. The van der Waals surface area contributed by atoms with Gasteiger partial charge in [-0.05, 0) is 24.7 Å². The van der Waals surface area contributed by atoms with Gasteiger partial charge in [-0.25, -0.2) is 8.78 Å². The van der Waals surface area contributed by atoms with Crippen molar-refractivity contribution >= 4 is 30.7 Å². The first-order chi connectivity index (χ1) is 12.4. The number of hydrogen-bond acceptors (Lipinski definition) is 5. The minimum absolute atomic E-state index is 0. The number of carbonyl (C=O) groups is 1. The zero-order valence-electron chi connectivity index (χ0n) is 16.1. The molecule has 2 N–H and O–H groups in total. The lowest BCUT2D eigenvalue weighted by atomic mass is 10.1. The van der Waals surface area contributed by atoms with Gasteiger partial charge >= 0.3 is 0 Å². The Morgan fingerprint density at radius 3 is 2.68 bits per heavy atom. The van der Waals surface area contributed by atoms with Crippen LogP contribution >= 0.6 is 24.8 Å². The van der Waals surface area contributed by atoms with Crippen LogP contribution in [0.3, 0.4) is 0 Å². The van der Waals surface area contributed by atoms with Crippen molar-refractivity contribution in [3.05, 3.63) is 29.8 Å². The van der Waals surface area contributed by atoms with E-state index in [1.807, 2.05) is 31.3 Å². The number of alkyl halides is 2. The Bertz CT molecular complexity index is 597. The maximum atomic E-state index is 13.1. The van der Waals surface area contributed by atoms with E-state index in [0.29, 0.717) is 19.0 Å². The van der Waals surface area contributed by atoms with Crippen molar-refractivity contribution in [2.24, 2.45) is 0 Å². The first-order valence-corrected chi connectivity index (χ1v) is 8.68. The summed E-state index contributed by atoms with van der Waals surface area (Å²) in [5, 5.41) is 5.24. The van der Waals surface area contributed by atoms with Gasteiger partial charge in [0.1, 0.15) is 12.4 Å². The van der Waals surface area contributed by atoms with Crippen molar-refractivity contribution in [3.63, 3.8) is 0 Å². The van der Waals surface area contributed by atoms with Crippen LogP contribution in [0.15, 0.2) is 24.3 Å². The van der Waals surface area contributed by atoms with Crippen LogP contribution in [-0.2, 0) is 16.1 Å². The van der Waals surface area contributed by atoms with E-state index in [9.17, 15) is 13.6 Å². The number of halogens is 4. The van der Waals surface area contributed by atoms with Crippen LogP contribution in [0.25, 0.3) is 0 Å². The zero-order chi connectivity index (χ0) is 19.0. The lowest BCUT2D eigenvalue weighted by Crippen LogP contribution is -2.40. The Kier molecular flexibility index (Phi) is 12.6. The summed E-state index contributed by atoms with van der Waals surface area (Å²) in [6.07, 6.45) is -0.460. The number of ether oxygens (including phenoxy) is 2. The van der Waals surface area contributed by atoms with Crippen LogP contribution in [-0.4, -0.2) is 69.8 Å². The highest BCUT2D eigenvalue weighted by Crippen LogP contribution is 2.25. The molecule has 0 spiro atoms. The van der Waals surface area contributed by atoms with Crippen LogP contribution in [0.5, 0.6) is 5.75 Å². The molecule has 1 atom stereocenters. The third kappa shape index (κ3) is 9.34. The minimum Gasteiger partial charge on any atom is -0.492 e. The van der Waals surface area contributed by atoms with Gasteiger partial charge in [-0.1, -0.05) is 12.1 Å². The van der Waals surface area contributed by atoms with Gasteiger partial charge < -0.3 is 19.7 Å². The van der Waals surface area contributed by atoms with Crippen molar-refractivity contribution in [2.45, 2.75) is 24.9 Å². The lowest BCUT2D eigenvalue weighted by Gasteiger charge is -2.16. The average molecular weight is 444 g/mol. The van der Waals surface area contributed by atoms with E-state index < -0.39 is 30.8 Å². The summed E-state index contributed by atoms with van der Waals surface area (Å²) >= 11 is 0.